The van der Waals surface area contributed by atoms with Crippen molar-refractivity contribution in [1.82, 2.24) is 4.90 Å². The summed E-state index contributed by atoms with van der Waals surface area (Å²) in [7, 11) is 0. The Balaban J connectivity index is 1.97. The van der Waals surface area contributed by atoms with Gasteiger partial charge in [0.1, 0.15) is 6.10 Å². The maximum absolute atomic E-state index is 11.7. The highest BCUT2D eigenvalue weighted by atomic mass is 16.6. The number of esters is 1. The minimum atomic E-state index is -0.110. The Hall–Kier alpha value is -0.900. The number of hydrogen-bond donors (Lipinski definition) is 1. The average Bonchev–Trinajstić information content (AvgIpc) is 2.57. The highest BCUT2D eigenvalue weighted by Crippen LogP contribution is 2.32. The zero-order valence-electron chi connectivity index (χ0n) is 11.4. The van der Waals surface area contributed by atoms with Crippen molar-refractivity contribution in [2.75, 3.05) is 19.6 Å². The zero-order valence-corrected chi connectivity index (χ0v) is 11.4. The second-order valence-electron chi connectivity index (χ2n) is 5.86. The van der Waals surface area contributed by atoms with Gasteiger partial charge < -0.3 is 15.0 Å². The molecule has 0 aromatic rings. The molecule has 18 heavy (non-hydrogen) atoms. The Bertz CT molecular complexity index is 319. The summed E-state index contributed by atoms with van der Waals surface area (Å²) in [5, 5.41) is 7.22. The van der Waals surface area contributed by atoms with Crippen LogP contribution in [0.2, 0.25) is 0 Å². The van der Waals surface area contributed by atoms with E-state index in [1.807, 2.05) is 6.92 Å². The summed E-state index contributed by atoms with van der Waals surface area (Å²) in [6.45, 7) is 7.49. The van der Waals surface area contributed by atoms with Crippen LogP contribution in [0.5, 0.6) is 0 Å². The maximum Gasteiger partial charge on any atom is 0.310 e. The number of likely N-dealkylation sites (tertiary alicyclic amines) is 1. The van der Waals surface area contributed by atoms with E-state index in [1.54, 1.807) is 0 Å². The van der Waals surface area contributed by atoms with E-state index in [0.717, 1.165) is 25.6 Å². The molecule has 2 aliphatic rings. The van der Waals surface area contributed by atoms with E-state index >= 15 is 0 Å². The van der Waals surface area contributed by atoms with Gasteiger partial charge in [-0.1, -0.05) is 6.92 Å². The number of carbonyl (C=O) groups excluding carboxylic acids is 1. The summed E-state index contributed by atoms with van der Waals surface area (Å²) in [6.07, 6.45) is 4.44. The molecule has 1 unspecified atom stereocenters. The number of nitrogens with one attached hydrogen (secondary N) is 1. The van der Waals surface area contributed by atoms with Crippen molar-refractivity contribution < 1.29 is 9.53 Å². The minimum Gasteiger partial charge on any atom is -0.462 e. The normalized spacial score (nSPS) is 37.6. The Labute approximate surface area is 109 Å². The summed E-state index contributed by atoms with van der Waals surface area (Å²) in [5.74, 6) is 0.799. The van der Waals surface area contributed by atoms with Crippen LogP contribution in [0.3, 0.4) is 0 Å². The molecule has 1 N–H and O–H groups in total. The first-order valence-electron chi connectivity index (χ1n) is 7.03. The monoisotopic (exact) mass is 252 g/mol. The predicted octanol–water partition coefficient (Wildman–Crippen LogP) is 1.94. The molecule has 4 atom stereocenters. The average molecular weight is 252 g/mol. The van der Waals surface area contributed by atoms with E-state index in [-0.39, 0.29) is 23.9 Å². The largest absolute Gasteiger partial charge is 0.462 e. The van der Waals surface area contributed by atoms with Gasteiger partial charge in [-0.2, -0.15) is 0 Å². The first-order chi connectivity index (χ1) is 8.61. The van der Waals surface area contributed by atoms with Crippen molar-refractivity contribution >= 4 is 12.2 Å². The SMILES string of the molecule is C[C@@H]1CCCN(CC2[C@@H](C)OC(=O)[C@@H]2CC=N)C1. The fourth-order valence-corrected chi connectivity index (χ4v) is 3.28. The van der Waals surface area contributed by atoms with E-state index in [2.05, 4.69) is 11.8 Å². The number of ether oxygens (including phenoxy) is 1. The molecule has 2 heterocycles. The molecule has 0 aromatic heterocycles. The Morgan fingerprint density at radius 3 is 2.94 bits per heavy atom. The Morgan fingerprint density at radius 1 is 1.50 bits per heavy atom. The quantitative estimate of drug-likeness (QED) is 0.614. The van der Waals surface area contributed by atoms with Gasteiger partial charge in [0.15, 0.2) is 0 Å². The van der Waals surface area contributed by atoms with Crippen LogP contribution in [0.1, 0.15) is 33.1 Å². The van der Waals surface area contributed by atoms with Crippen LogP contribution in [-0.4, -0.2) is 42.8 Å². The molecule has 2 saturated heterocycles. The topological polar surface area (TPSA) is 53.4 Å². The summed E-state index contributed by atoms with van der Waals surface area (Å²) in [4.78, 5) is 14.2. The molecule has 4 nitrogen and oxygen atoms in total. The lowest BCUT2D eigenvalue weighted by Gasteiger charge is -2.34. The van der Waals surface area contributed by atoms with Crippen molar-refractivity contribution in [2.45, 2.75) is 39.2 Å². The summed E-state index contributed by atoms with van der Waals surface area (Å²) < 4.78 is 5.34. The van der Waals surface area contributed by atoms with Gasteiger partial charge in [0.05, 0.1) is 5.92 Å². The van der Waals surface area contributed by atoms with Crippen LogP contribution in [0.4, 0.5) is 0 Å². The molecule has 102 valence electrons. The number of rotatable bonds is 4. The molecule has 0 saturated carbocycles. The van der Waals surface area contributed by atoms with E-state index in [4.69, 9.17) is 10.1 Å². The smallest absolute Gasteiger partial charge is 0.310 e. The van der Waals surface area contributed by atoms with Gasteiger partial charge in [0.2, 0.25) is 0 Å². The van der Waals surface area contributed by atoms with Gasteiger partial charge in [-0.05, 0) is 44.9 Å². The lowest BCUT2D eigenvalue weighted by atomic mass is 9.87. The lowest BCUT2D eigenvalue weighted by Crippen LogP contribution is -2.41. The second kappa shape index (κ2) is 5.83. The number of carbonyl (C=O) groups is 1. The first kappa shape index (κ1) is 13.5. The van der Waals surface area contributed by atoms with E-state index in [9.17, 15) is 4.79 Å². The molecule has 2 rings (SSSR count). The van der Waals surface area contributed by atoms with Crippen molar-refractivity contribution in [2.24, 2.45) is 17.8 Å². The van der Waals surface area contributed by atoms with Gasteiger partial charge in [-0.3, -0.25) is 4.79 Å². The van der Waals surface area contributed by atoms with Gasteiger partial charge in [-0.15, -0.1) is 0 Å². The Kier molecular flexibility index (Phi) is 4.38. The number of nitrogens with zero attached hydrogens (tertiary/aromatic N) is 1. The lowest BCUT2D eigenvalue weighted by molar-refractivity contribution is -0.143. The van der Waals surface area contributed by atoms with Crippen LogP contribution in [0, 0.1) is 23.2 Å². The molecule has 0 bridgehead atoms. The fraction of sp³-hybridized carbons (Fsp3) is 0.857. The van der Waals surface area contributed by atoms with E-state index < -0.39 is 0 Å². The third-order valence-corrected chi connectivity index (χ3v) is 4.31. The van der Waals surface area contributed by atoms with Crippen molar-refractivity contribution in [1.29, 1.82) is 5.41 Å². The summed E-state index contributed by atoms with van der Waals surface area (Å²) in [6, 6.07) is 0. The molecule has 4 heteroatoms. The van der Waals surface area contributed by atoms with Crippen molar-refractivity contribution in [3.8, 4) is 0 Å². The molecule has 0 aliphatic carbocycles. The molecular weight excluding hydrogens is 228 g/mol. The number of piperidine rings is 1. The third-order valence-electron chi connectivity index (χ3n) is 4.31. The molecule has 2 aliphatic heterocycles. The standard InChI is InChI=1S/C14H24N2O2/c1-10-4-3-7-16(8-10)9-13-11(2)18-14(17)12(13)5-6-15/h6,10-13,15H,3-5,7-9H2,1-2H3/t10-,11-,12-,13?/m1/s1. The fourth-order valence-electron chi connectivity index (χ4n) is 3.28. The van der Waals surface area contributed by atoms with Crippen LogP contribution >= 0.6 is 0 Å². The predicted molar refractivity (Wildman–Crippen MR) is 70.8 cm³/mol. The van der Waals surface area contributed by atoms with Gasteiger partial charge in [0.25, 0.3) is 0 Å². The highest BCUT2D eigenvalue weighted by molar-refractivity contribution is 5.78. The van der Waals surface area contributed by atoms with Crippen LogP contribution in [-0.2, 0) is 9.53 Å². The number of cyclic esters (lactones) is 1. The first-order valence-corrected chi connectivity index (χ1v) is 7.03. The molecule has 2 fully saturated rings. The van der Waals surface area contributed by atoms with Crippen LogP contribution < -0.4 is 0 Å². The summed E-state index contributed by atoms with van der Waals surface area (Å²) in [5.41, 5.74) is 0. The second-order valence-corrected chi connectivity index (χ2v) is 5.86. The summed E-state index contributed by atoms with van der Waals surface area (Å²) >= 11 is 0. The van der Waals surface area contributed by atoms with Crippen LogP contribution in [0.25, 0.3) is 0 Å². The highest BCUT2D eigenvalue weighted by Gasteiger charge is 2.42. The van der Waals surface area contributed by atoms with E-state index in [0.29, 0.717) is 6.42 Å². The molecule has 0 amide bonds. The molecular formula is C14H24N2O2. The number of hydrogen-bond acceptors (Lipinski definition) is 4. The van der Waals surface area contributed by atoms with Crippen LogP contribution in [0.15, 0.2) is 0 Å². The van der Waals surface area contributed by atoms with Crippen molar-refractivity contribution in [3.63, 3.8) is 0 Å². The zero-order chi connectivity index (χ0) is 13.1. The van der Waals surface area contributed by atoms with Crippen molar-refractivity contribution in [3.05, 3.63) is 0 Å². The maximum atomic E-state index is 11.7. The minimum absolute atomic E-state index is 0.000294. The van der Waals surface area contributed by atoms with E-state index in [1.165, 1.54) is 19.1 Å². The van der Waals surface area contributed by atoms with Gasteiger partial charge in [0, 0.05) is 19.0 Å². The molecule has 0 aromatic carbocycles. The molecule has 0 spiro atoms. The molecule has 0 radical (unpaired) electrons. The third kappa shape index (κ3) is 2.91. The van der Waals surface area contributed by atoms with Gasteiger partial charge >= 0.3 is 5.97 Å². The van der Waals surface area contributed by atoms with Gasteiger partial charge in [-0.25, -0.2) is 0 Å². The Morgan fingerprint density at radius 2 is 2.28 bits per heavy atom.